The van der Waals surface area contributed by atoms with Gasteiger partial charge in [-0.1, -0.05) is 41.4 Å². The third-order valence-electron chi connectivity index (χ3n) is 2.87. The van der Waals surface area contributed by atoms with Crippen LogP contribution < -0.4 is 6.15 Å². The third-order valence-corrected chi connectivity index (χ3v) is 3.40. The van der Waals surface area contributed by atoms with Crippen LogP contribution in [0, 0.1) is 5.92 Å². The Hall–Kier alpha value is -0.870. The molecule has 4 heteroatoms. The van der Waals surface area contributed by atoms with Crippen molar-refractivity contribution in [1.82, 2.24) is 6.15 Å². The van der Waals surface area contributed by atoms with Gasteiger partial charge in [-0.25, -0.2) is 0 Å². The first kappa shape index (κ1) is 17.1. The number of hydrogen-bond donors (Lipinski definition) is 1. The first-order valence-electron chi connectivity index (χ1n) is 5.99. The van der Waals surface area contributed by atoms with Gasteiger partial charge in [0.1, 0.15) is 0 Å². The molecule has 0 saturated carbocycles. The number of carbonyl (C=O) groups is 1. The van der Waals surface area contributed by atoms with Crippen molar-refractivity contribution in [2.24, 2.45) is 5.92 Å². The van der Waals surface area contributed by atoms with E-state index < -0.39 is 0 Å². The van der Waals surface area contributed by atoms with Crippen LogP contribution in [0.4, 0.5) is 0 Å². The van der Waals surface area contributed by atoms with Gasteiger partial charge in [0.2, 0.25) is 0 Å². The number of carbonyl (C=O) groups excluding carboxylic acids is 1. The van der Waals surface area contributed by atoms with Crippen LogP contribution >= 0.6 is 15.9 Å². The Morgan fingerprint density at radius 1 is 1.28 bits per heavy atom. The van der Waals surface area contributed by atoms with E-state index in [4.69, 9.17) is 4.74 Å². The molecule has 0 fully saturated rings. The summed E-state index contributed by atoms with van der Waals surface area (Å²) in [6.45, 7) is 2.09. The molecule has 0 aliphatic heterocycles. The summed E-state index contributed by atoms with van der Waals surface area (Å²) in [5.74, 6) is -0.0439. The van der Waals surface area contributed by atoms with Crippen molar-refractivity contribution >= 4 is 21.9 Å². The number of halogens is 1. The zero-order chi connectivity index (χ0) is 12.7. The van der Waals surface area contributed by atoms with E-state index in [2.05, 4.69) is 35.0 Å². The summed E-state index contributed by atoms with van der Waals surface area (Å²) in [6, 6.07) is 8.24. The Morgan fingerprint density at radius 2 is 1.89 bits per heavy atom. The van der Waals surface area contributed by atoms with Crippen LogP contribution in [0.5, 0.6) is 0 Å². The van der Waals surface area contributed by atoms with Crippen molar-refractivity contribution in [3.05, 3.63) is 34.3 Å². The topological polar surface area (TPSA) is 61.3 Å². The molecule has 18 heavy (non-hydrogen) atoms. The quantitative estimate of drug-likeness (QED) is 0.803. The van der Waals surface area contributed by atoms with Gasteiger partial charge >= 0.3 is 5.97 Å². The highest BCUT2D eigenvalue weighted by atomic mass is 79.9. The van der Waals surface area contributed by atoms with Crippen molar-refractivity contribution < 1.29 is 9.53 Å². The number of benzene rings is 1. The number of esters is 1. The summed E-state index contributed by atoms with van der Waals surface area (Å²) in [4.78, 5) is 11.5. The van der Waals surface area contributed by atoms with E-state index in [1.807, 2.05) is 12.1 Å². The first-order valence-corrected chi connectivity index (χ1v) is 6.79. The van der Waals surface area contributed by atoms with Gasteiger partial charge in [-0.2, -0.15) is 0 Å². The highest BCUT2D eigenvalue weighted by molar-refractivity contribution is 9.10. The highest BCUT2D eigenvalue weighted by Gasteiger charge is 2.17. The van der Waals surface area contributed by atoms with Crippen molar-refractivity contribution in [2.75, 3.05) is 7.11 Å². The highest BCUT2D eigenvalue weighted by Crippen LogP contribution is 2.18. The predicted molar refractivity (Wildman–Crippen MR) is 77.9 cm³/mol. The largest absolute Gasteiger partial charge is 0.469 e. The molecule has 0 spiro atoms. The minimum atomic E-state index is -0.0797. The minimum Gasteiger partial charge on any atom is -0.469 e. The van der Waals surface area contributed by atoms with Crippen molar-refractivity contribution in [3.63, 3.8) is 0 Å². The van der Waals surface area contributed by atoms with Crippen LogP contribution in [-0.2, 0) is 16.0 Å². The molecule has 1 aromatic rings. The first-order chi connectivity index (χ1) is 8.17. The fraction of sp³-hybridized carbons (Fsp3) is 0.500. The zero-order valence-electron chi connectivity index (χ0n) is 11.1. The number of ether oxygens (including phenoxy) is 1. The lowest BCUT2D eigenvalue weighted by Gasteiger charge is -2.13. The lowest BCUT2D eigenvalue weighted by atomic mass is 9.95. The number of rotatable bonds is 6. The Labute approximate surface area is 118 Å². The van der Waals surface area contributed by atoms with Gasteiger partial charge in [0.15, 0.2) is 0 Å². The summed E-state index contributed by atoms with van der Waals surface area (Å²) in [5.41, 5.74) is 1.26. The molecule has 102 valence electrons. The maximum atomic E-state index is 11.5. The SMILES string of the molecule is CCCC(CCc1ccc(Br)cc1)C(=O)OC.N. The number of aryl methyl sites for hydroxylation is 1. The molecule has 3 nitrogen and oxygen atoms in total. The smallest absolute Gasteiger partial charge is 0.308 e. The van der Waals surface area contributed by atoms with Crippen LogP contribution in [0.2, 0.25) is 0 Å². The van der Waals surface area contributed by atoms with Crippen molar-refractivity contribution in [1.29, 1.82) is 0 Å². The van der Waals surface area contributed by atoms with E-state index in [-0.39, 0.29) is 18.0 Å². The van der Waals surface area contributed by atoms with Gasteiger partial charge in [0.05, 0.1) is 13.0 Å². The normalized spacial score (nSPS) is 11.5. The molecule has 1 atom stereocenters. The Kier molecular flexibility index (Phi) is 8.67. The van der Waals surface area contributed by atoms with Gasteiger partial charge in [0, 0.05) is 4.47 Å². The number of hydrogen-bond acceptors (Lipinski definition) is 3. The fourth-order valence-corrected chi connectivity index (χ4v) is 2.15. The van der Waals surface area contributed by atoms with Gasteiger partial charge in [-0.15, -0.1) is 0 Å². The van der Waals surface area contributed by atoms with E-state index in [1.165, 1.54) is 12.7 Å². The summed E-state index contributed by atoms with van der Waals surface area (Å²) in [5, 5.41) is 0. The zero-order valence-corrected chi connectivity index (χ0v) is 12.7. The standard InChI is InChI=1S/C14H19BrO2.H3N/c1-3-4-12(14(16)17-2)8-5-11-6-9-13(15)10-7-11;/h6-7,9-10,12H,3-5,8H2,1-2H3;1H3. The molecular formula is C14H22BrNO2. The van der Waals surface area contributed by atoms with Gasteiger partial charge < -0.3 is 10.9 Å². The van der Waals surface area contributed by atoms with Gasteiger partial charge in [-0.05, 0) is 37.0 Å². The number of methoxy groups -OCH3 is 1. The molecule has 1 aromatic carbocycles. The maximum absolute atomic E-state index is 11.5. The van der Waals surface area contributed by atoms with Crippen LogP contribution in [0.25, 0.3) is 0 Å². The molecule has 0 amide bonds. The molecule has 1 rings (SSSR count). The van der Waals surface area contributed by atoms with Crippen LogP contribution in [0.15, 0.2) is 28.7 Å². The molecule has 0 aliphatic carbocycles. The Morgan fingerprint density at radius 3 is 2.39 bits per heavy atom. The minimum absolute atomic E-state index is 0. The van der Waals surface area contributed by atoms with E-state index in [0.29, 0.717) is 0 Å². The van der Waals surface area contributed by atoms with E-state index in [0.717, 1.165) is 30.2 Å². The Balaban J connectivity index is 0.00000289. The molecule has 0 heterocycles. The van der Waals surface area contributed by atoms with E-state index >= 15 is 0 Å². The second kappa shape index (κ2) is 9.11. The lowest BCUT2D eigenvalue weighted by Crippen LogP contribution is -2.16. The summed E-state index contributed by atoms with van der Waals surface area (Å²) < 4.78 is 5.91. The van der Waals surface area contributed by atoms with Gasteiger partial charge in [0.25, 0.3) is 0 Å². The molecule has 3 N–H and O–H groups in total. The maximum Gasteiger partial charge on any atom is 0.308 e. The van der Waals surface area contributed by atoms with E-state index in [9.17, 15) is 4.79 Å². The summed E-state index contributed by atoms with van der Waals surface area (Å²) in [6.07, 6.45) is 3.71. The fourth-order valence-electron chi connectivity index (χ4n) is 1.89. The summed E-state index contributed by atoms with van der Waals surface area (Å²) in [7, 11) is 1.46. The average molecular weight is 316 g/mol. The third kappa shape index (κ3) is 5.65. The molecular weight excluding hydrogens is 294 g/mol. The second-order valence-corrected chi connectivity index (χ2v) is 5.09. The van der Waals surface area contributed by atoms with E-state index in [1.54, 1.807) is 0 Å². The molecule has 1 unspecified atom stereocenters. The van der Waals surface area contributed by atoms with Crippen LogP contribution in [0.1, 0.15) is 31.7 Å². The lowest BCUT2D eigenvalue weighted by molar-refractivity contribution is -0.145. The molecule has 0 bridgehead atoms. The van der Waals surface area contributed by atoms with Crippen molar-refractivity contribution in [3.8, 4) is 0 Å². The second-order valence-electron chi connectivity index (χ2n) is 4.17. The Bertz CT molecular complexity index is 351. The summed E-state index contributed by atoms with van der Waals surface area (Å²) >= 11 is 3.41. The molecule has 0 aliphatic rings. The average Bonchev–Trinajstić information content (AvgIpc) is 2.35. The van der Waals surface area contributed by atoms with Crippen LogP contribution in [-0.4, -0.2) is 13.1 Å². The van der Waals surface area contributed by atoms with Crippen LogP contribution in [0.3, 0.4) is 0 Å². The van der Waals surface area contributed by atoms with Gasteiger partial charge in [-0.3, -0.25) is 4.79 Å². The monoisotopic (exact) mass is 315 g/mol. The molecule has 0 aromatic heterocycles. The predicted octanol–water partition coefficient (Wildman–Crippen LogP) is 4.13. The molecule has 0 saturated heterocycles. The molecule has 0 radical (unpaired) electrons. The van der Waals surface area contributed by atoms with Crippen molar-refractivity contribution in [2.45, 2.75) is 32.6 Å².